The molecule has 1 heterocycles. The lowest BCUT2D eigenvalue weighted by molar-refractivity contribution is 0.591. The van der Waals surface area contributed by atoms with Gasteiger partial charge in [-0.2, -0.15) is 5.10 Å². The van der Waals surface area contributed by atoms with E-state index in [1.807, 2.05) is 4.83 Å². The molecule has 0 unspecified atom stereocenters. The Labute approximate surface area is 74.2 Å². The molecule has 0 saturated carbocycles. The molecule has 0 bridgehead atoms. The normalized spacial score (nSPS) is 12.1. The average molecular weight is 205 g/mol. The van der Waals surface area contributed by atoms with Gasteiger partial charge in [0.25, 0.3) is 0 Å². The van der Waals surface area contributed by atoms with Crippen LogP contribution in [0.4, 0.5) is 0 Å². The van der Waals surface area contributed by atoms with Crippen LogP contribution in [0.2, 0.25) is 0 Å². The third kappa shape index (κ3) is 3.44. The predicted molar refractivity (Wildman–Crippen MR) is 47.7 cm³/mol. The van der Waals surface area contributed by atoms with Gasteiger partial charge in [0.05, 0.1) is 12.5 Å². The smallest absolute Gasteiger partial charge is 0.243 e. The van der Waals surface area contributed by atoms with Crippen molar-refractivity contribution in [3.05, 3.63) is 16.6 Å². The van der Waals surface area contributed by atoms with Gasteiger partial charge in [-0.05, 0) is 0 Å². The fourth-order valence-corrected chi connectivity index (χ4v) is 1.22. The second kappa shape index (κ2) is 3.63. The van der Waals surface area contributed by atoms with Crippen LogP contribution >= 0.6 is 11.3 Å². The topological polar surface area (TPSA) is 71.4 Å². The van der Waals surface area contributed by atoms with E-state index in [1.165, 1.54) is 17.6 Å². The van der Waals surface area contributed by atoms with Gasteiger partial charge in [0.2, 0.25) is 10.0 Å². The van der Waals surface area contributed by atoms with Crippen molar-refractivity contribution in [2.24, 2.45) is 5.10 Å². The first-order valence-corrected chi connectivity index (χ1v) is 5.74. The molecule has 12 heavy (non-hydrogen) atoms. The zero-order valence-corrected chi connectivity index (χ0v) is 7.89. The summed E-state index contributed by atoms with van der Waals surface area (Å²) in [5.74, 6) is 0. The molecular weight excluding hydrogens is 198 g/mol. The molecule has 0 atom stereocenters. The Balaban J connectivity index is 2.54. The minimum absolute atomic E-state index is 0.658. The monoisotopic (exact) mass is 205 g/mol. The van der Waals surface area contributed by atoms with Gasteiger partial charge >= 0.3 is 0 Å². The van der Waals surface area contributed by atoms with Gasteiger partial charge in [-0.15, -0.1) is 11.3 Å². The minimum atomic E-state index is -3.25. The summed E-state index contributed by atoms with van der Waals surface area (Å²) in [5.41, 5.74) is 0. The molecular formula is C5H7N3O2S2. The van der Waals surface area contributed by atoms with Crippen molar-refractivity contribution in [2.75, 3.05) is 6.26 Å². The molecule has 0 fully saturated rings. The van der Waals surface area contributed by atoms with E-state index in [0.29, 0.717) is 5.01 Å². The molecule has 0 aliphatic carbocycles. The Morgan fingerprint density at radius 1 is 1.75 bits per heavy atom. The number of rotatable bonds is 3. The lowest BCUT2D eigenvalue weighted by Crippen LogP contribution is -2.15. The lowest BCUT2D eigenvalue weighted by Gasteiger charge is -1.91. The van der Waals surface area contributed by atoms with E-state index in [-0.39, 0.29) is 0 Å². The van der Waals surface area contributed by atoms with Crippen molar-refractivity contribution in [1.82, 2.24) is 9.82 Å². The molecule has 0 saturated heterocycles. The van der Waals surface area contributed by atoms with E-state index in [1.54, 1.807) is 11.6 Å². The van der Waals surface area contributed by atoms with E-state index < -0.39 is 10.0 Å². The Hall–Kier alpha value is -0.950. The second-order valence-electron chi connectivity index (χ2n) is 1.99. The van der Waals surface area contributed by atoms with Gasteiger partial charge < -0.3 is 0 Å². The third-order valence-corrected chi connectivity index (χ3v) is 1.99. The number of hydrogen-bond donors (Lipinski definition) is 1. The molecule has 66 valence electrons. The van der Waals surface area contributed by atoms with E-state index in [2.05, 4.69) is 10.1 Å². The SMILES string of the molecule is CS(=O)(=O)N/N=C/c1nccs1. The van der Waals surface area contributed by atoms with Gasteiger partial charge in [0.15, 0.2) is 0 Å². The van der Waals surface area contributed by atoms with Gasteiger partial charge in [0.1, 0.15) is 5.01 Å². The number of hydrogen-bond acceptors (Lipinski definition) is 5. The maximum absolute atomic E-state index is 10.5. The minimum Gasteiger partial charge on any atom is -0.243 e. The number of hydrazone groups is 1. The van der Waals surface area contributed by atoms with Gasteiger partial charge in [-0.25, -0.2) is 18.2 Å². The highest BCUT2D eigenvalue weighted by atomic mass is 32.2. The highest BCUT2D eigenvalue weighted by Crippen LogP contribution is 1.98. The van der Waals surface area contributed by atoms with Crippen molar-refractivity contribution < 1.29 is 8.42 Å². The van der Waals surface area contributed by atoms with Crippen LogP contribution in [-0.4, -0.2) is 25.9 Å². The van der Waals surface area contributed by atoms with Crippen LogP contribution in [0.15, 0.2) is 16.7 Å². The highest BCUT2D eigenvalue weighted by molar-refractivity contribution is 7.88. The van der Waals surface area contributed by atoms with Crippen molar-refractivity contribution in [1.29, 1.82) is 0 Å². The average Bonchev–Trinajstić information content (AvgIpc) is 2.36. The molecule has 1 N–H and O–H groups in total. The van der Waals surface area contributed by atoms with E-state index in [9.17, 15) is 8.42 Å². The van der Waals surface area contributed by atoms with Gasteiger partial charge in [-0.3, -0.25) is 0 Å². The lowest BCUT2D eigenvalue weighted by atomic mass is 10.8. The summed E-state index contributed by atoms with van der Waals surface area (Å²) in [7, 11) is -3.25. The molecule has 0 radical (unpaired) electrons. The molecule has 5 nitrogen and oxygen atoms in total. The first-order valence-electron chi connectivity index (χ1n) is 2.97. The number of thiazole rings is 1. The zero-order valence-electron chi connectivity index (χ0n) is 6.26. The molecule has 0 amide bonds. The summed E-state index contributed by atoms with van der Waals surface area (Å²) in [6.07, 6.45) is 4.00. The Bertz CT molecular complexity index is 354. The van der Waals surface area contributed by atoms with Crippen molar-refractivity contribution >= 4 is 27.6 Å². The molecule has 0 spiro atoms. The second-order valence-corrected chi connectivity index (χ2v) is 4.65. The molecule has 7 heteroatoms. The fourth-order valence-electron chi connectivity index (χ4n) is 0.476. The summed E-state index contributed by atoms with van der Waals surface area (Å²) in [4.78, 5) is 5.84. The largest absolute Gasteiger partial charge is 0.244 e. The summed E-state index contributed by atoms with van der Waals surface area (Å²) < 4.78 is 21.0. The van der Waals surface area contributed by atoms with Crippen molar-refractivity contribution in [3.63, 3.8) is 0 Å². The maximum Gasteiger partial charge on any atom is 0.244 e. The number of nitrogens with zero attached hydrogens (tertiary/aromatic N) is 2. The van der Waals surface area contributed by atoms with Gasteiger partial charge in [-0.1, -0.05) is 0 Å². The van der Waals surface area contributed by atoms with Crippen LogP contribution in [0, 0.1) is 0 Å². The maximum atomic E-state index is 10.5. The summed E-state index contributed by atoms with van der Waals surface area (Å²) in [6.45, 7) is 0. The van der Waals surface area contributed by atoms with Crippen molar-refractivity contribution in [2.45, 2.75) is 0 Å². The molecule has 1 aromatic heterocycles. The van der Waals surface area contributed by atoms with Crippen LogP contribution in [0.5, 0.6) is 0 Å². The molecule has 0 aromatic carbocycles. The first kappa shape index (κ1) is 9.14. The van der Waals surface area contributed by atoms with Crippen LogP contribution in [0.25, 0.3) is 0 Å². The fraction of sp³-hybridized carbons (Fsp3) is 0.200. The van der Waals surface area contributed by atoms with Crippen molar-refractivity contribution in [3.8, 4) is 0 Å². The molecule has 0 aliphatic heterocycles. The van der Waals surface area contributed by atoms with Gasteiger partial charge in [0, 0.05) is 11.6 Å². The summed E-state index contributed by atoms with van der Waals surface area (Å²) in [6, 6.07) is 0. The van der Waals surface area contributed by atoms with E-state index >= 15 is 0 Å². The number of aromatic nitrogens is 1. The number of nitrogens with one attached hydrogen (secondary N) is 1. The van der Waals surface area contributed by atoms with E-state index in [0.717, 1.165) is 6.26 Å². The summed E-state index contributed by atoms with van der Waals surface area (Å²) >= 11 is 1.38. The first-order chi connectivity index (χ1) is 5.58. The third-order valence-electron chi connectivity index (χ3n) is 0.845. The van der Waals surface area contributed by atoms with Crippen LogP contribution in [0.1, 0.15) is 5.01 Å². The van der Waals surface area contributed by atoms with Crippen LogP contribution < -0.4 is 4.83 Å². The van der Waals surface area contributed by atoms with E-state index in [4.69, 9.17) is 0 Å². The zero-order chi connectivity index (χ0) is 9.03. The molecule has 1 rings (SSSR count). The predicted octanol–water partition coefficient (Wildman–Crippen LogP) is 0.0262. The number of sulfonamides is 1. The van der Waals surface area contributed by atoms with Crippen LogP contribution in [-0.2, 0) is 10.0 Å². The Morgan fingerprint density at radius 2 is 2.50 bits per heavy atom. The quantitative estimate of drug-likeness (QED) is 0.559. The highest BCUT2D eigenvalue weighted by Gasteiger charge is 1.94. The molecule has 1 aromatic rings. The standard InChI is InChI=1S/C5H7N3O2S2/c1-12(9,10)8-7-4-5-6-2-3-11-5/h2-4,8H,1H3/b7-4+. The molecule has 0 aliphatic rings. The summed E-state index contributed by atoms with van der Waals surface area (Å²) in [5, 5.41) is 5.91. The Morgan fingerprint density at radius 3 is 3.00 bits per heavy atom. The van der Waals surface area contributed by atoms with Crippen LogP contribution in [0.3, 0.4) is 0 Å². The Kier molecular flexibility index (Phi) is 2.77.